The number of carbonyl (C=O) groups excluding carboxylic acids is 1. The summed E-state index contributed by atoms with van der Waals surface area (Å²) in [7, 11) is 3.17. The molecule has 1 saturated heterocycles. The molecule has 0 radical (unpaired) electrons. The summed E-state index contributed by atoms with van der Waals surface area (Å²) in [5, 5.41) is 3.91. The first-order chi connectivity index (χ1) is 15.1. The van der Waals surface area contributed by atoms with Gasteiger partial charge in [-0.1, -0.05) is 30.3 Å². The number of amides is 2. The fourth-order valence-corrected chi connectivity index (χ4v) is 4.46. The molecule has 0 saturated carbocycles. The van der Waals surface area contributed by atoms with Crippen LogP contribution in [0.3, 0.4) is 0 Å². The second kappa shape index (κ2) is 9.01. The second-order valence-electron chi connectivity index (χ2n) is 7.41. The van der Waals surface area contributed by atoms with Crippen molar-refractivity contribution in [3.8, 4) is 11.5 Å². The molecule has 2 aromatic rings. The first kappa shape index (κ1) is 21.2. The molecule has 2 amide bonds. The number of thioether (sulfide) groups is 1. The topological polar surface area (TPSA) is 75.5 Å². The van der Waals surface area contributed by atoms with Gasteiger partial charge in [0.05, 0.1) is 25.6 Å². The number of ether oxygens (including phenoxy) is 2. The van der Waals surface area contributed by atoms with Crippen LogP contribution >= 0.6 is 11.8 Å². The van der Waals surface area contributed by atoms with Gasteiger partial charge in [-0.3, -0.25) is 4.99 Å². The van der Waals surface area contributed by atoms with Crippen molar-refractivity contribution in [2.75, 3.05) is 38.9 Å². The molecule has 4 rings (SSSR count). The highest BCUT2D eigenvalue weighted by Crippen LogP contribution is 2.36. The van der Waals surface area contributed by atoms with Crippen LogP contribution in [0.15, 0.2) is 58.5 Å². The minimum Gasteiger partial charge on any atom is -0.497 e. The van der Waals surface area contributed by atoms with Gasteiger partial charge in [-0.25, -0.2) is 9.79 Å². The van der Waals surface area contributed by atoms with Gasteiger partial charge in [-0.15, -0.1) is 11.8 Å². The summed E-state index contributed by atoms with van der Waals surface area (Å²) >= 11 is 1.62. The van der Waals surface area contributed by atoms with Crippen LogP contribution in [0.1, 0.15) is 18.4 Å². The predicted molar refractivity (Wildman–Crippen MR) is 126 cm³/mol. The van der Waals surface area contributed by atoms with Crippen molar-refractivity contribution >= 4 is 34.2 Å². The van der Waals surface area contributed by atoms with E-state index in [4.69, 9.17) is 19.5 Å². The monoisotopic (exact) mass is 438 g/mol. The smallest absolute Gasteiger partial charge is 0.321 e. The molecule has 31 heavy (non-hydrogen) atoms. The highest BCUT2D eigenvalue weighted by Gasteiger charge is 2.40. The van der Waals surface area contributed by atoms with E-state index >= 15 is 0 Å². The minimum absolute atomic E-state index is 0.166. The van der Waals surface area contributed by atoms with Gasteiger partial charge in [0, 0.05) is 37.6 Å². The van der Waals surface area contributed by atoms with Crippen LogP contribution in [0, 0.1) is 0 Å². The standard InChI is InChI=1S/C23H26N4O3S/c1-29-17-9-10-19(30-2)18(15-17)24-22(28)27-13-11-23(12-14-27)25-20(21(26-23)31-3)16-7-5-4-6-8-16/h4-10,15H,11-14H2,1-3H3,(H,24,28). The van der Waals surface area contributed by atoms with Crippen LogP contribution in [0.5, 0.6) is 11.5 Å². The third-order valence-corrected chi connectivity index (χ3v) is 6.24. The average Bonchev–Trinajstić information content (AvgIpc) is 3.18. The molecule has 0 atom stereocenters. The Labute approximate surface area is 186 Å². The number of rotatable bonds is 4. The summed E-state index contributed by atoms with van der Waals surface area (Å²) in [6, 6.07) is 15.3. The van der Waals surface area contributed by atoms with Crippen molar-refractivity contribution in [3.05, 3.63) is 54.1 Å². The molecule has 0 aromatic heterocycles. The molecule has 1 N–H and O–H groups in total. The number of urea groups is 1. The first-order valence-electron chi connectivity index (χ1n) is 10.1. The molecule has 0 unspecified atom stereocenters. The number of likely N-dealkylation sites (tertiary alicyclic amines) is 1. The Morgan fingerprint density at radius 1 is 1.06 bits per heavy atom. The van der Waals surface area contributed by atoms with Crippen LogP contribution in [0.25, 0.3) is 0 Å². The van der Waals surface area contributed by atoms with E-state index in [1.54, 1.807) is 49.1 Å². The normalized spacial score (nSPS) is 17.2. The third kappa shape index (κ3) is 4.39. The Balaban J connectivity index is 1.46. The summed E-state index contributed by atoms with van der Waals surface area (Å²) in [5.74, 6) is 1.24. The number of methoxy groups -OCH3 is 2. The SMILES string of the molecule is COc1ccc(OC)c(NC(=O)N2CCC3(CC2)N=C(SC)C(c2ccccc2)=N3)c1. The summed E-state index contributed by atoms with van der Waals surface area (Å²) < 4.78 is 10.6. The predicted octanol–water partition coefficient (Wildman–Crippen LogP) is 4.29. The summed E-state index contributed by atoms with van der Waals surface area (Å²) in [6.07, 6.45) is 3.41. The van der Waals surface area contributed by atoms with Gasteiger partial charge >= 0.3 is 6.03 Å². The van der Waals surface area contributed by atoms with E-state index in [1.807, 2.05) is 24.5 Å². The van der Waals surface area contributed by atoms with Crippen molar-refractivity contribution in [1.82, 2.24) is 4.90 Å². The maximum Gasteiger partial charge on any atom is 0.321 e. The number of hydrogen-bond acceptors (Lipinski definition) is 6. The lowest BCUT2D eigenvalue weighted by molar-refractivity contribution is 0.175. The van der Waals surface area contributed by atoms with Crippen molar-refractivity contribution in [3.63, 3.8) is 0 Å². The van der Waals surface area contributed by atoms with Gasteiger partial charge in [0.15, 0.2) is 5.66 Å². The molecular formula is C23H26N4O3S. The Hall–Kier alpha value is -3.00. The van der Waals surface area contributed by atoms with Gasteiger partial charge in [-0.05, 0) is 18.4 Å². The molecule has 1 spiro atoms. The van der Waals surface area contributed by atoms with E-state index in [0.29, 0.717) is 43.1 Å². The van der Waals surface area contributed by atoms with E-state index in [2.05, 4.69) is 17.4 Å². The number of carbonyl (C=O) groups is 1. The van der Waals surface area contributed by atoms with Gasteiger partial charge in [-0.2, -0.15) is 0 Å². The molecule has 7 nitrogen and oxygen atoms in total. The molecule has 8 heteroatoms. The molecule has 0 aliphatic carbocycles. The lowest BCUT2D eigenvalue weighted by atomic mass is 9.98. The van der Waals surface area contributed by atoms with Crippen LogP contribution in [-0.2, 0) is 0 Å². The quantitative estimate of drug-likeness (QED) is 0.773. The zero-order valence-corrected chi connectivity index (χ0v) is 18.7. The fourth-order valence-electron chi connectivity index (χ4n) is 3.85. The number of hydrogen-bond donors (Lipinski definition) is 1. The fraction of sp³-hybridized carbons (Fsp3) is 0.348. The molecular weight excluding hydrogens is 412 g/mol. The molecule has 1 fully saturated rings. The second-order valence-corrected chi connectivity index (χ2v) is 8.21. The highest BCUT2D eigenvalue weighted by atomic mass is 32.2. The van der Waals surface area contributed by atoms with Gasteiger partial charge in [0.2, 0.25) is 0 Å². The van der Waals surface area contributed by atoms with Crippen LogP contribution in [-0.4, -0.2) is 60.9 Å². The lowest BCUT2D eigenvalue weighted by Crippen LogP contribution is -2.46. The highest BCUT2D eigenvalue weighted by molar-refractivity contribution is 8.15. The number of anilines is 1. The largest absolute Gasteiger partial charge is 0.497 e. The van der Waals surface area contributed by atoms with E-state index in [1.165, 1.54) is 0 Å². The molecule has 0 bridgehead atoms. The minimum atomic E-state index is -0.478. The molecule has 2 aliphatic rings. The van der Waals surface area contributed by atoms with E-state index in [-0.39, 0.29) is 6.03 Å². The van der Waals surface area contributed by atoms with Gasteiger partial charge < -0.3 is 19.7 Å². The summed E-state index contributed by atoms with van der Waals surface area (Å²) in [6.45, 7) is 1.16. The van der Waals surface area contributed by atoms with Crippen LogP contribution in [0.2, 0.25) is 0 Å². The van der Waals surface area contributed by atoms with E-state index < -0.39 is 5.66 Å². The summed E-state index contributed by atoms with van der Waals surface area (Å²) in [4.78, 5) is 24.7. The number of benzene rings is 2. The van der Waals surface area contributed by atoms with Crippen LogP contribution < -0.4 is 14.8 Å². The van der Waals surface area contributed by atoms with Crippen molar-refractivity contribution in [2.24, 2.45) is 9.98 Å². The number of nitrogens with one attached hydrogen (secondary N) is 1. The Morgan fingerprint density at radius 3 is 2.45 bits per heavy atom. The summed E-state index contributed by atoms with van der Waals surface area (Å²) in [5.41, 5.74) is 2.14. The van der Waals surface area contributed by atoms with E-state index in [9.17, 15) is 4.79 Å². The molecule has 2 heterocycles. The number of piperidine rings is 1. The maximum atomic E-state index is 12.9. The Bertz CT molecular complexity index is 1010. The van der Waals surface area contributed by atoms with Gasteiger partial charge in [0.1, 0.15) is 16.5 Å². The Kier molecular flexibility index (Phi) is 6.18. The lowest BCUT2D eigenvalue weighted by Gasteiger charge is -2.35. The maximum absolute atomic E-state index is 12.9. The van der Waals surface area contributed by atoms with Gasteiger partial charge in [0.25, 0.3) is 0 Å². The zero-order chi connectivity index (χ0) is 21.8. The number of nitrogens with zero attached hydrogens (tertiary/aromatic N) is 3. The van der Waals surface area contributed by atoms with Crippen molar-refractivity contribution < 1.29 is 14.3 Å². The third-order valence-electron chi connectivity index (χ3n) is 5.57. The van der Waals surface area contributed by atoms with Crippen LogP contribution in [0.4, 0.5) is 10.5 Å². The molecule has 2 aliphatic heterocycles. The number of aliphatic imine (C=N–C) groups is 2. The van der Waals surface area contributed by atoms with E-state index in [0.717, 1.165) is 16.3 Å². The van der Waals surface area contributed by atoms with Crippen molar-refractivity contribution in [1.29, 1.82) is 0 Å². The molecule has 2 aromatic carbocycles. The molecule has 162 valence electrons. The zero-order valence-electron chi connectivity index (χ0n) is 17.9. The van der Waals surface area contributed by atoms with Crippen molar-refractivity contribution in [2.45, 2.75) is 18.5 Å². The average molecular weight is 439 g/mol. The first-order valence-corrected chi connectivity index (χ1v) is 11.4. The Morgan fingerprint density at radius 2 is 1.81 bits per heavy atom.